The number of halogens is 10. The summed E-state index contributed by atoms with van der Waals surface area (Å²) in [6, 6.07) is 0. The number of alkyl halides is 10. The highest BCUT2D eigenvalue weighted by atomic mass is 19.4. The lowest BCUT2D eigenvalue weighted by Gasteiger charge is -2.33. The SMILES string of the molecule is OB(O)OC(F)(F)C(F)(F)C(F)(F)C(F)CCCCCCCCC(F)(F)F. The highest BCUT2D eigenvalue weighted by Gasteiger charge is 2.76. The average Bonchev–Trinajstić information content (AvgIpc) is 2.46. The first kappa shape index (κ1) is 26.2. The third kappa shape index (κ3) is 8.42. The Hall–Kier alpha value is -0.755. The molecule has 0 bridgehead atoms. The van der Waals surface area contributed by atoms with Crippen LogP contribution < -0.4 is 0 Å². The van der Waals surface area contributed by atoms with Gasteiger partial charge in [-0.1, -0.05) is 32.1 Å². The van der Waals surface area contributed by atoms with Crippen molar-refractivity contribution in [1.29, 1.82) is 0 Å². The second kappa shape index (κ2) is 10.1. The summed E-state index contributed by atoms with van der Waals surface area (Å²) in [4.78, 5) is 0. The summed E-state index contributed by atoms with van der Waals surface area (Å²) in [6.07, 6.45) is -16.0. The van der Waals surface area contributed by atoms with Crippen molar-refractivity contribution in [3.8, 4) is 0 Å². The Morgan fingerprint density at radius 3 is 1.63 bits per heavy atom. The molecule has 27 heavy (non-hydrogen) atoms. The number of hydrogen-bond acceptors (Lipinski definition) is 3. The van der Waals surface area contributed by atoms with Gasteiger partial charge in [0.1, 0.15) is 0 Å². The van der Waals surface area contributed by atoms with Crippen molar-refractivity contribution in [2.24, 2.45) is 0 Å². The van der Waals surface area contributed by atoms with Gasteiger partial charge in [-0.3, -0.25) is 0 Å². The molecule has 0 fully saturated rings. The monoisotopic (exact) mass is 424 g/mol. The fourth-order valence-corrected chi connectivity index (χ4v) is 2.13. The normalized spacial score (nSPS) is 15.1. The van der Waals surface area contributed by atoms with Crippen molar-refractivity contribution in [3.05, 3.63) is 0 Å². The topological polar surface area (TPSA) is 49.7 Å². The Bertz CT molecular complexity index is 431. The van der Waals surface area contributed by atoms with Gasteiger partial charge in [0.05, 0.1) is 0 Å². The average molecular weight is 424 g/mol. The van der Waals surface area contributed by atoms with E-state index in [-0.39, 0.29) is 38.5 Å². The lowest BCUT2D eigenvalue weighted by Crippen LogP contribution is -2.60. The number of rotatable bonds is 13. The summed E-state index contributed by atoms with van der Waals surface area (Å²) >= 11 is 0. The van der Waals surface area contributed by atoms with Crippen LogP contribution in [0.4, 0.5) is 43.9 Å². The minimum atomic E-state index is -6.36. The lowest BCUT2D eigenvalue weighted by molar-refractivity contribution is -0.388. The van der Waals surface area contributed by atoms with Crippen LogP contribution in [0, 0.1) is 0 Å². The van der Waals surface area contributed by atoms with Gasteiger partial charge < -0.3 is 14.7 Å². The maximum absolute atomic E-state index is 13.4. The maximum Gasteiger partial charge on any atom is 0.638 e. The quantitative estimate of drug-likeness (QED) is 0.252. The molecule has 0 aliphatic heterocycles. The van der Waals surface area contributed by atoms with Crippen LogP contribution >= 0.6 is 0 Å². The lowest BCUT2D eigenvalue weighted by atomic mass is 9.99. The molecule has 1 unspecified atom stereocenters. The molecule has 162 valence electrons. The molecule has 14 heteroatoms. The molecule has 0 aromatic heterocycles. The van der Waals surface area contributed by atoms with E-state index < -0.39 is 50.5 Å². The Morgan fingerprint density at radius 2 is 1.19 bits per heavy atom. The summed E-state index contributed by atoms with van der Waals surface area (Å²) in [6.45, 7) is 0. The third-order valence-corrected chi connectivity index (χ3v) is 3.60. The zero-order valence-corrected chi connectivity index (χ0v) is 13.9. The maximum atomic E-state index is 13.4. The summed E-state index contributed by atoms with van der Waals surface area (Å²) in [5, 5.41) is 16.2. The Kier molecular flexibility index (Phi) is 9.86. The van der Waals surface area contributed by atoms with E-state index in [1.54, 1.807) is 0 Å². The van der Waals surface area contributed by atoms with Crippen LogP contribution in [-0.4, -0.2) is 47.7 Å². The molecular formula is C13H19BF10O3. The molecule has 0 rings (SSSR count). The summed E-state index contributed by atoms with van der Waals surface area (Å²) in [7, 11) is -3.49. The van der Waals surface area contributed by atoms with Crippen molar-refractivity contribution in [2.75, 3.05) is 0 Å². The minimum Gasteiger partial charge on any atom is -0.402 e. The van der Waals surface area contributed by atoms with E-state index in [9.17, 15) is 43.9 Å². The van der Waals surface area contributed by atoms with Gasteiger partial charge >= 0.3 is 31.5 Å². The van der Waals surface area contributed by atoms with Crippen LogP contribution in [0.5, 0.6) is 0 Å². The predicted molar refractivity (Wildman–Crippen MR) is 74.0 cm³/mol. The van der Waals surface area contributed by atoms with E-state index in [0.29, 0.717) is 0 Å². The molecule has 0 radical (unpaired) electrons. The molecule has 0 heterocycles. The Labute approximate surface area is 148 Å². The molecule has 0 aliphatic carbocycles. The number of unbranched alkanes of at least 4 members (excludes halogenated alkanes) is 5. The van der Waals surface area contributed by atoms with Crippen molar-refractivity contribution < 1.29 is 58.6 Å². The van der Waals surface area contributed by atoms with Crippen LogP contribution in [0.1, 0.15) is 51.4 Å². The van der Waals surface area contributed by atoms with Crippen LogP contribution in [0.25, 0.3) is 0 Å². The summed E-state index contributed by atoms with van der Waals surface area (Å²) in [5.41, 5.74) is 0. The zero-order valence-electron chi connectivity index (χ0n) is 13.9. The van der Waals surface area contributed by atoms with Crippen LogP contribution in [0.15, 0.2) is 0 Å². The van der Waals surface area contributed by atoms with E-state index in [1.807, 2.05) is 0 Å². The van der Waals surface area contributed by atoms with Gasteiger partial charge in [0.25, 0.3) is 0 Å². The van der Waals surface area contributed by atoms with Gasteiger partial charge in [0, 0.05) is 6.42 Å². The highest BCUT2D eigenvalue weighted by molar-refractivity contribution is 6.32. The van der Waals surface area contributed by atoms with E-state index >= 15 is 0 Å². The highest BCUT2D eigenvalue weighted by Crippen LogP contribution is 2.49. The first-order chi connectivity index (χ1) is 12.0. The standard InChI is InChI=1S/C13H19BF10O3/c15-9(7-5-3-1-2-4-6-8-10(16,17)18)11(19,20)12(21,22)13(23,24)27-14(25)26/h9,25-26H,1-8H2. The largest absolute Gasteiger partial charge is 0.638 e. The van der Waals surface area contributed by atoms with Crippen molar-refractivity contribution >= 4 is 7.32 Å². The molecule has 0 spiro atoms. The number of hydrogen-bond donors (Lipinski definition) is 2. The van der Waals surface area contributed by atoms with Crippen LogP contribution in [0.2, 0.25) is 0 Å². The van der Waals surface area contributed by atoms with Gasteiger partial charge in [0.15, 0.2) is 6.17 Å². The van der Waals surface area contributed by atoms with Crippen molar-refractivity contribution in [1.82, 2.24) is 0 Å². The molecule has 0 aromatic rings. The Balaban J connectivity index is 4.37. The molecule has 0 saturated carbocycles. The van der Waals surface area contributed by atoms with Gasteiger partial charge in [-0.05, 0) is 12.8 Å². The van der Waals surface area contributed by atoms with E-state index in [2.05, 4.69) is 4.65 Å². The zero-order chi connectivity index (χ0) is 21.5. The van der Waals surface area contributed by atoms with Crippen LogP contribution in [-0.2, 0) is 4.65 Å². The van der Waals surface area contributed by atoms with Gasteiger partial charge in [0.2, 0.25) is 0 Å². The van der Waals surface area contributed by atoms with Crippen LogP contribution in [0.3, 0.4) is 0 Å². The summed E-state index contributed by atoms with van der Waals surface area (Å²) in [5.74, 6) is -12.2. The Morgan fingerprint density at radius 1 is 0.741 bits per heavy atom. The smallest absolute Gasteiger partial charge is 0.402 e. The molecule has 0 aliphatic rings. The fourth-order valence-electron chi connectivity index (χ4n) is 2.13. The van der Waals surface area contributed by atoms with E-state index in [1.165, 1.54) is 0 Å². The minimum absolute atomic E-state index is 0.0241. The van der Waals surface area contributed by atoms with Gasteiger partial charge in [-0.2, -0.15) is 39.5 Å². The molecular weight excluding hydrogens is 405 g/mol. The summed E-state index contributed by atoms with van der Waals surface area (Å²) < 4.78 is 131. The molecule has 1 atom stereocenters. The molecule has 3 nitrogen and oxygen atoms in total. The second-order valence-electron chi connectivity index (χ2n) is 5.90. The van der Waals surface area contributed by atoms with Gasteiger partial charge in [-0.15, -0.1) is 0 Å². The predicted octanol–water partition coefficient (Wildman–Crippen LogP) is 4.86. The van der Waals surface area contributed by atoms with E-state index in [4.69, 9.17) is 10.0 Å². The first-order valence-electron chi connectivity index (χ1n) is 7.93. The molecule has 0 saturated heterocycles. The second-order valence-corrected chi connectivity index (χ2v) is 5.90. The molecule has 0 aromatic carbocycles. The molecule has 2 N–H and O–H groups in total. The van der Waals surface area contributed by atoms with Gasteiger partial charge in [-0.25, -0.2) is 4.39 Å². The van der Waals surface area contributed by atoms with Crippen molar-refractivity contribution in [2.45, 2.75) is 81.7 Å². The third-order valence-electron chi connectivity index (χ3n) is 3.60. The first-order valence-corrected chi connectivity index (χ1v) is 7.93. The van der Waals surface area contributed by atoms with E-state index in [0.717, 1.165) is 0 Å². The fraction of sp³-hybridized carbons (Fsp3) is 1.00. The molecule has 0 amide bonds. The van der Waals surface area contributed by atoms with Crippen molar-refractivity contribution in [3.63, 3.8) is 0 Å².